The Morgan fingerprint density at radius 1 is 1.00 bits per heavy atom. The molecule has 1 aromatic heterocycles. The van der Waals surface area contributed by atoms with Gasteiger partial charge in [-0.15, -0.1) is 6.58 Å². The lowest BCUT2D eigenvalue weighted by Crippen LogP contribution is -2.54. The van der Waals surface area contributed by atoms with Gasteiger partial charge in [-0.25, -0.2) is 28.1 Å². The van der Waals surface area contributed by atoms with Crippen LogP contribution in [0.1, 0.15) is 13.3 Å². The monoisotopic (exact) mass is 405 g/mol. The molecule has 0 amide bonds. The first-order valence-electron chi connectivity index (χ1n) is 8.36. The average molecular weight is 406 g/mol. The van der Waals surface area contributed by atoms with Crippen LogP contribution in [0.5, 0.6) is 0 Å². The lowest BCUT2D eigenvalue weighted by Gasteiger charge is -2.14. The predicted molar refractivity (Wildman–Crippen MR) is 107 cm³/mol. The van der Waals surface area contributed by atoms with Crippen molar-refractivity contribution in [2.24, 2.45) is 7.05 Å². The van der Waals surface area contributed by atoms with Crippen LogP contribution in [0.15, 0.2) is 27.0 Å². The van der Waals surface area contributed by atoms with Crippen molar-refractivity contribution in [3.63, 3.8) is 0 Å². The van der Waals surface area contributed by atoms with Gasteiger partial charge < -0.3 is 10.2 Å². The van der Waals surface area contributed by atoms with E-state index >= 15 is 0 Å². The fourth-order valence-electron chi connectivity index (χ4n) is 2.13. The first-order valence-corrected chi connectivity index (χ1v) is 10.7. The summed E-state index contributed by atoms with van der Waals surface area (Å²) in [6, 6.07) is 0. The number of hydrogen-bond donors (Lipinski definition) is 2. The van der Waals surface area contributed by atoms with Gasteiger partial charge in [-0.1, -0.05) is 13.0 Å². The second-order valence-corrected chi connectivity index (χ2v) is 8.08. The van der Waals surface area contributed by atoms with Crippen LogP contribution in [-0.2, 0) is 20.1 Å². The van der Waals surface area contributed by atoms with Crippen molar-refractivity contribution in [2.75, 3.05) is 23.0 Å². The highest BCUT2D eigenvalue weighted by molar-refractivity contribution is 8.02. The van der Waals surface area contributed by atoms with Crippen molar-refractivity contribution < 1.29 is 10.2 Å². The van der Waals surface area contributed by atoms with Crippen LogP contribution in [0.3, 0.4) is 0 Å². The van der Waals surface area contributed by atoms with E-state index in [1.807, 2.05) is 6.92 Å². The van der Waals surface area contributed by atoms with Crippen molar-refractivity contribution in [3.05, 3.63) is 44.1 Å². The molecule has 10 heteroatoms. The van der Waals surface area contributed by atoms with Crippen molar-refractivity contribution in [2.45, 2.75) is 38.6 Å². The summed E-state index contributed by atoms with van der Waals surface area (Å²) in [6.45, 7) is 5.26. The molecule has 2 unspecified atom stereocenters. The van der Waals surface area contributed by atoms with Crippen LogP contribution in [0.2, 0.25) is 0 Å². The van der Waals surface area contributed by atoms with Crippen LogP contribution < -0.4 is 17.1 Å². The van der Waals surface area contributed by atoms with Gasteiger partial charge in [0.2, 0.25) is 0 Å². The molecule has 0 aliphatic carbocycles. The molecule has 2 atom stereocenters. The van der Waals surface area contributed by atoms with Gasteiger partial charge in [0, 0.05) is 30.1 Å². The topological polar surface area (TPSA) is 106 Å². The Kier molecular flexibility index (Phi) is 10.1. The molecule has 0 aliphatic rings. The third kappa shape index (κ3) is 6.49. The van der Waals surface area contributed by atoms with E-state index in [2.05, 4.69) is 6.58 Å². The summed E-state index contributed by atoms with van der Waals surface area (Å²) >= 11 is 3.16. The number of aliphatic hydroxyl groups is 2. The predicted octanol–water partition coefficient (Wildman–Crippen LogP) is -0.507. The summed E-state index contributed by atoms with van der Waals surface area (Å²) in [5, 5.41) is 19.6. The minimum absolute atomic E-state index is 0.00251. The Morgan fingerprint density at radius 3 is 2.08 bits per heavy atom. The van der Waals surface area contributed by atoms with E-state index in [-0.39, 0.29) is 19.2 Å². The van der Waals surface area contributed by atoms with E-state index in [4.69, 9.17) is 0 Å². The van der Waals surface area contributed by atoms with Gasteiger partial charge in [0.15, 0.2) is 0 Å². The highest BCUT2D eigenvalue weighted by atomic mass is 32.2. The summed E-state index contributed by atoms with van der Waals surface area (Å²) < 4.78 is 2.63. The maximum atomic E-state index is 12.3. The highest BCUT2D eigenvalue weighted by Crippen LogP contribution is 2.10. The molecule has 2 N–H and O–H groups in total. The lowest BCUT2D eigenvalue weighted by atomic mass is 10.3. The number of allylic oxidation sites excluding steroid dienone is 1. The normalized spacial score (nSPS) is 13.5. The van der Waals surface area contributed by atoms with Gasteiger partial charge >= 0.3 is 17.1 Å². The van der Waals surface area contributed by atoms with Gasteiger partial charge in [0.05, 0.1) is 25.3 Å². The number of rotatable bonds is 12. The molecule has 0 saturated carbocycles. The number of aromatic nitrogens is 3. The van der Waals surface area contributed by atoms with Gasteiger partial charge in [-0.3, -0.25) is 0 Å². The minimum Gasteiger partial charge on any atom is -0.392 e. The van der Waals surface area contributed by atoms with Crippen LogP contribution in [0.25, 0.3) is 0 Å². The SMILES string of the molecule is C=CCn1c(=O)n(C)c(=O)n(CC(O)CSCCSCC(O)CC)c1=O. The summed E-state index contributed by atoms with van der Waals surface area (Å²) in [6.07, 6.45) is 0.962. The molecule has 0 bridgehead atoms. The third-order valence-corrected chi connectivity index (χ3v) is 6.15. The molecule has 1 aromatic rings. The van der Waals surface area contributed by atoms with Gasteiger partial charge in [-0.05, 0) is 6.42 Å². The molecule has 0 aromatic carbocycles. The molecule has 0 radical (unpaired) electrons. The molecular weight excluding hydrogens is 378 g/mol. The van der Waals surface area contributed by atoms with Gasteiger partial charge in [0.1, 0.15) is 0 Å². The smallest absolute Gasteiger partial charge is 0.336 e. The largest absolute Gasteiger partial charge is 0.392 e. The zero-order chi connectivity index (χ0) is 19.7. The quantitative estimate of drug-likeness (QED) is 0.356. The zero-order valence-corrected chi connectivity index (χ0v) is 16.8. The molecular formula is C16H27N3O5S2. The van der Waals surface area contributed by atoms with E-state index in [9.17, 15) is 24.6 Å². The standard InChI is InChI=1S/C16H27N3O5S2/c1-4-6-18-14(22)17(3)15(23)19(16(18)24)9-13(21)11-26-8-7-25-10-12(20)5-2/h4,12-13,20-21H,1,5-11H2,2-3H3. The molecule has 8 nitrogen and oxygen atoms in total. The van der Waals surface area contributed by atoms with Crippen molar-refractivity contribution in [3.8, 4) is 0 Å². The van der Waals surface area contributed by atoms with Crippen LogP contribution in [0.4, 0.5) is 0 Å². The summed E-state index contributed by atoms with van der Waals surface area (Å²) in [4.78, 5) is 36.4. The number of aliphatic hydroxyl groups excluding tert-OH is 2. The van der Waals surface area contributed by atoms with Crippen molar-refractivity contribution in [1.82, 2.24) is 13.7 Å². The molecule has 0 spiro atoms. The fraction of sp³-hybridized carbons (Fsp3) is 0.688. The van der Waals surface area contributed by atoms with Crippen LogP contribution in [0, 0.1) is 0 Å². The van der Waals surface area contributed by atoms with Crippen LogP contribution in [-0.4, -0.2) is 59.1 Å². The number of hydrogen-bond acceptors (Lipinski definition) is 7. The summed E-state index contributed by atoms with van der Waals surface area (Å²) in [7, 11) is 1.29. The second kappa shape index (κ2) is 11.5. The highest BCUT2D eigenvalue weighted by Gasteiger charge is 2.15. The Hall–Kier alpha value is -1.23. The zero-order valence-electron chi connectivity index (χ0n) is 15.2. The van der Waals surface area contributed by atoms with Gasteiger partial charge in [0.25, 0.3) is 0 Å². The molecule has 0 aliphatic heterocycles. The number of nitrogens with zero attached hydrogens (tertiary/aromatic N) is 3. The first-order chi connectivity index (χ1) is 12.3. The van der Waals surface area contributed by atoms with E-state index in [0.717, 1.165) is 31.6 Å². The van der Waals surface area contributed by atoms with Crippen molar-refractivity contribution >= 4 is 23.5 Å². The fourth-order valence-corrected chi connectivity index (χ4v) is 4.29. The van der Waals surface area contributed by atoms with Crippen molar-refractivity contribution in [1.29, 1.82) is 0 Å². The summed E-state index contributed by atoms with van der Waals surface area (Å²) in [5.74, 6) is 2.70. The number of thioether (sulfide) groups is 2. The minimum atomic E-state index is -0.883. The average Bonchev–Trinajstić information content (AvgIpc) is 2.63. The molecule has 0 fully saturated rings. The molecule has 26 heavy (non-hydrogen) atoms. The lowest BCUT2D eigenvalue weighted by molar-refractivity contribution is 0.171. The second-order valence-electron chi connectivity index (χ2n) is 5.78. The van der Waals surface area contributed by atoms with E-state index in [1.165, 1.54) is 24.9 Å². The Morgan fingerprint density at radius 2 is 1.54 bits per heavy atom. The summed E-state index contributed by atoms with van der Waals surface area (Å²) in [5.41, 5.74) is -2.19. The maximum absolute atomic E-state index is 12.3. The Bertz CT molecular complexity index is 756. The van der Waals surface area contributed by atoms with Crippen LogP contribution >= 0.6 is 23.5 Å². The Labute approximate surface area is 160 Å². The van der Waals surface area contributed by atoms with E-state index < -0.39 is 23.2 Å². The van der Waals surface area contributed by atoms with E-state index in [0.29, 0.717) is 11.5 Å². The third-order valence-electron chi connectivity index (χ3n) is 3.67. The first kappa shape index (κ1) is 22.8. The molecule has 1 rings (SSSR count). The molecule has 0 saturated heterocycles. The molecule has 148 valence electrons. The molecule has 1 heterocycles. The van der Waals surface area contributed by atoms with Gasteiger partial charge in [-0.2, -0.15) is 23.5 Å². The maximum Gasteiger partial charge on any atom is 0.336 e. The Balaban J connectivity index is 2.63. The van der Waals surface area contributed by atoms with E-state index in [1.54, 1.807) is 11.8 Å².